The Morgan fingerprint density at radius 1 is 1.10 bits per heavy atom. The molecule has 2 aromatic carbocycles. The summed E-state index contributed by atoms with van der Waals surface area (Å²) in [5.41, 5.74) is 6.35. The van der Waals surface area contributed by atoms with Gasteiger partial charge in [-0.25, -0.2) is 0 Å². The molecule has 0 aliphatic carbocycles. The van der Waals surface area contributed by atoms with E-state index < -0.39 is 5.91 Å². The first-order valence-electron chi connectivity index (χ1n) is 6.13. The Hall–Kier alpha value is -1.79. The minimum atomic E-state index is -0.477. The Kier molecular flexibility index (Phi) is 5.41. The van der Waals surface area contributed by atoms with Gasteiger partial charge in [-0.15, -0.1) is 11.8 Å². The summed E-state index contributed by atoms with van der Waals surface area (Å²) < 4.78 is 0.978. The Bertz CT molecular complexity index is 659. The summed E-state index contributed by atoms with van der Waals surface area (Å²) >= 11 is 4.71. The summed E-state index contributed by atoms with van der Waals surface area (Å²) in [7, 11) is 0. The number of nitrogens with two attached hydrogens (primary N) is 1. The SMILES string of the molecule is Nc1ccccc1C(=O)NC(=O)CSc1ccc(Br)cc1. The Morgan fingerprint density at radius 2 is 1.76 bits per heavy atom. The summed E-state index contributed by atoms with van der Waals surface area (Å²) in [5, 5.41) is 2.33. The first-order chi connectivity index (χ1) is 10.1. The van der Waals surface area contributed by atoms with E-state index in [2.05, 4.69) is 21.2 Å². The molecule has 0 aliphatic heterocycles. The van der Waals surface area contributed by atoms with E-state index in [1.165, 1.54) is 11.8 Å². The molecule has 0 saturated carbocycles. The summed E-state index contributed by atoms with van der Waals surface area (Å²) in [6.07, 6.45) is 0. The van der Waals surface area contributed by atoms with E-state index in [-0.39, 0.29) is 11.7 Å². The maximum atomic E-state index is 11.9. The lowest BCUT2D eigenvalue weighted by atomic mass is 10.2. The van der Waals surface area contributed by atoms with Crippen LogP contribution in [0.25, 0.3) is 0 Å². The highest BCUT2D eigenvalue weighted by Crippen LogP contribution is 2.20. The van der Waals surface area contributed by atoms with Gasteiger partial charge in [-0.3, -0.25) is 14.9 Å². The molecule has 21 heavy (non-hydrogen) atoms. The molecule has 0 bridgehead atoms. The fourth-order valence-electron chi connectivity index (χ4n) is 1.61. The average Bonchev–Trinajstić information content (AvgIpc) is 2.47. The van der Waals surface area contributed by atoms with Crippen LogP contribution in [0, 0.1) is 0 Å². The molecule has 0 fully saturated rings. The van der Waals surface area contributed by atoms with Crippen LogP contribution < -0.4 is 11.1 Å². The molecule has 2 aromatic rings. The lowest BCUT2D eigenvalue weighted by Gasteiger charge is -2.06. The number of nitrogen functional groups attached to an aromatic ring is 1. The number of halogens is 1. The highest BCUT2D eigenvalue weighted by Gasteiger charge is 2.12. The molecule has 0 radical (unpaired) electrons. The highest BCUT2D eigenvalue weighted by molar-refractivity contribution is 9.10. The molecule has 4 nitrogen and oxygen atoms in total. The van der Waals surface area contributed by atoms with Crippen LogP contribution in [-0.4, -0.2) is 17.6 Å². The van der Waals surface area contributed by atoms with E-state index >= 15 is 0 Å². The second-order valence-corrected chi connectivity index (χ2v) is 6.17. The van der Waals surface area contributed by atoms with Crippen molar-refractivity contribution < 1.29 is 9.59 Å². The monoisotopic (exact) mass is 364 g/mol. The van der Waals surface area contributed by atoms with Crippen LogP contribution in [0.4, 0.5) is 5.69 Å². The second-order valence-electron chi connectivity index (χ2n) is 4.21. The molecule has 108 valence electrons. The second kappa shape index (κ2) is 7.28. The van der Waals surface area contributed by atoms with Crippen molar-refractivity contribution in [1.82, 2.24) is 5.32 Å². The number of carbonyl (C=O) groups is 2. The quantitative estimate of drug-likeness (QED) is 0.645. The van der Waals surface area contributed by atoms with Crippen molar-refractivity contribution in [3.05, 3.63) is 58.6 Å². The van der Waals surface area contributed by atoms with Gasteiger partial charge >= 0.3 is 0 Å². The van der Waals surface area contributed by atoms with E-state index in [1.54, 1.807) is 24.3 Å². The molecule has 0 unspecified atom stereocenters. The number of benzene rings is 2. The van der Waals surface area contributed by atoms with Crippen LogP contribution in [-0.2, 0) is 4.79 Å². The predicted octanol–water partition coefficient (Wildman–Crippen LogP) is 3.08. The van der Waals surface area contributed by atoms with Gasteiger partial charge in [0.2, 0.25) is 5.91 Å². The van der Waals surface area contributed by atoms with Crippen LogP contribution in [0.1, 0.15) is 10.4 Å². The lowest BCUT2D eigenvalue weighted by Crippen LogP contribution is -2.32. The Morgan fingerprint density at radius 3 is 2.43 bits per heavy atom. The standard InChI is InChI=1S/C15H13BrN2O2S/c16-10-5-7-11(8-6-10)21-9-14(19)18-15(20)12-3-1-2-4-13(12)17/h1-8H,9,17H2,(H,18,19,20). The van der Waals surface area contributed by atoms with Gasteiger partial charge in [0.1, 0.15) is 0 Å². The minimum Gasteiger partial charge on any atom is -0.398 e. The third-order valence-corrected chi connectivity index (χ3v) is 4.18. The van der Waals surface area contributed by atoms with Gasteiger partial charge in [-0.05, 0) is 36.4 Å². The molecule has 0 heterocycles. The molecule has 0 aliphatic rings. The number of rotatable bonds is 4. The normalized spacial score (nSPS) is 10.1. The van der Waals surface area contributed by atoms with Gasteiger partial charge in [-0.1, -0.05) is 28.1 Å². The topological polar surface area (TPSA) is 72.2 Å². The summed E-state index contributed by atoms with van der Waals surface area (Å²) in [4.78, 5) is 24.6. The van der Waals surface area contributed by atoms with Crippen molar-refractivity contribution in [2.75, 3.05) is 11.5 Å². The number of carbonyl (C=O) groups excluding carboxylic acids is 2. The molecule has 6 heteroatoms. The van der Waals surface area contributed by atoms with Gasteiger partial charge in [0, 0.05) is 15.1 Å². The molecule has 0 spiro atoms. The smallest absolute Gasteiger partial charge is 0.259 e. The van der Waals surface area contributed by atoms with E-state index in [4.69, 9.17) is 5.73 Å². The summed E-state index contributed by atoms with van der Waals surface area (Å²) in [5.74, 6) is -0.661. The first-order valence-corrected chi connectivity index (χ1v) is 7.91. The fraction of sp³-hybridized carbons (Fsp3) is 0.0667. The van der Waals surface area contributed by atoms with Crippen molar-refractivity contribution in [2.24, 2.45) is 0 Å². The van der Waals surface area contributed by atoms with Crippen molar-refractivity contribution in [3.8, 4) is 0 Å². The molecular weight excluding hydrogens is 352 g/mol. The van der Waals surface area contributed by atoms with Gasteiger partial charge < -0.3 is 5.73 Å². The third kappa shape index (κ3) is 4.61. The lowest BCUT2D eigenvalue weighted by molar-refractivity contribution is -0.117. The number of thioether (sulfide) groups is 1. The van der Waals surface area contributed by atoms with E-state index in [0.717, 1.165) is 9.37 Å². The van der Waals surface area contributed by atoms with Crippen molar-refractivity contribution >= 4 is 45.2 Å². The average molecular weight is 365 g/mol. The zero-order valence-electron chi connectivity index (χ0n) is 11.0. The first kappa shape index (κ1) is 15.6. The fourth-order valence-corrected chi connectivity index (χ4v) is 2.58. The number of hydrogen-bond acceptors (Lipinski definition) is 4. The van der Waals surface area contributed by atoms with Gasteiger partial charge in [0.15, 0.2) is 0 Å². The van der Waals surface area contributed by atoms with Gasteiger partial charge in [0.05, 0.1) is 11.3 Å². The number of nitrogens with one attached hydrogen (secondary N) is 1. The van der Waals surface area contributed by atoms with E-state index in [9.17, 15) is 9.59 Å². The molecule has 2 rings (SSSR count). The highest BCUT2D eigenvalue weighted by atomic mass is 79.9. The molecule has 0 aromatic heterocycles. The van der Waals surface area contributed by atoms with Crippen LogP contribution >= 0.6 is 27.7 Å². The summed E-state index contributed by atoms with van der Waals surface area (Å²) in [6, 6.07) is 14.2. The number of para-hydroxylation sites is 1. The zero-order valence-corrected chi connectivity index (χ0v) is 13.4. The number of hydrogen-bond donors (Lipinski definition) is 2. The van der Waals surface area contributed by atoms with Crippen molar-refractivity contribution in [2.45, 2.75) is 4.90 Å². The van der Waals surface area contributed by atoms with Crippen LogP contribution in [0.5, 0.6) is 0 Å². The largest absolute Gasteiger partial charge is 0.398 e. The number of imide groups is 1. The minimum absolute atomic E-state index is 0.167. The van der Waals surface area contributed by atoms with Gasteiger partial charge in [-0.2, -0.15) is 0 Å². The maximum absolute atomic E-state index is 11.9. The molecule has 3 N–H and O–H groups in total. The Balaban J connectivity index is 1.89. The van der Waals surface area contributed by atoms with Crippen LogP contribution in [0.3, 0.4) is 0 Å². The van der Waals surface area contributed by atoms with Gasteiger partial charge in [0.25, 0.3) is 5.91 Å². The molecule has 0 saturated heterocycles. The molecular formula is C15H13BrN2O2S. The van der Waals surface area contributed by atoms with Crippen LogP contribution in [0.15, 0.2) is 57.9 Å². The van der Waals surface area contributed by atoms with E-state index in [0.29, 0.717) is 11.3 Å². The maximum Gasteiger partial charge on any atom is 0.259 e. The molecule has 0 atom stereocenters. The van der Waals surface area contributed by atoms with E-state index in [1.807, 2.05) is 24.3 Å². The zero-order chi connectivity index (χ0) is 15.2. The van der Waals surface area contributed by atoms with Crippen molar-refractivity contribution in [1.29, 1.82) is 0 Å². The predicted molar refractivity (Wildman–Crippen MR) is 88.2 cm³/mol. The third-order valence-electron chi connectivity index (χ3n) is 2.64. The Labute approximate surface area is 135 Å². The van der Waals surface area contributed by atoms with Crippen LogP contribution in [0.2, 0.25) is 0 Å². The number of amides is 2. The number of anilines is 1. The van der Waals surface area contributed by atoms with Crippen molar-refractivity contribution in [3.63, 3.8) is 0 Å². The summed E-state index contributed by atoms with van der Waals surface area (Å²) in [6.45, 7) is 0. The molecule has 2 amide bonds.